The molecule has 4 N–H and O–H groups in total. The number of nitrogen functional groups attached to an aromatic ring is 1. The maximum atomic E-state index is 11.4. The SMILES string of the molecule is CCNS(=O)(=O)CCNc1cc(OC)ccc1N. The number of rotatable bonds is 7. The molecule has 6 nitrogen and oxygen atoms in total. The number of nitrogens with one attached hydrogen (secondary N) is 2. The van der Waals surface area contributed by atoms with E-state index in [-0.39, 0.29) is 12.3 Å². The Kier molecular flexibility index (Phi) is 5.24. The Morgan fingerprint density at radius 3 is 2.72 bits per heavy atom. The molecule has 0 aliphatic heterocycles. The van der Waals surface area contributed by atoms with Gasteiger partial charge in [0.15, 0.2) is 0 Å². The van der Waals surface area contributed by atoms with Gasteiger partial charge in [-0.1, -0.05) is 6.92 Å². The first-order chi connectivity index (χ1) is 8.48. The molecule has 0 heterocycles. The molecule has 0 aromatic heterocycles. The average molecular weight is 273 g/mol. The molecular formula is C11H19N3O3S. The van der Waals surface area contributed by atoms with E-state index >= 15 is 0 Å². The van der Waals surface area contributed by atoms with Gasteiger partial charge in [-0.2, -0.15) is 0 Å². The molecule has 0 aliphatic carbocycles. The fourth-order valence-electron chi connectivity index (χ4n) is 1.43. The molecule has 0 unspecified atom stereocenters. The molecule has 0 radical (unpaired) electrons. The van der Waals surface area contributed by atoms with E-state index in [4.69, 9.17) is 10.5 Å². The Labute approximate surface area is 108 Å². The van der Waals surface area contributed by atoms with Gasteiger partial charge < -0.3 is 15.8 Å². The van der Waals surface area contributed by atoms with Crippen LogP contribution in [0.2, 0.25) is 0 Å². The summed E-state index contributed by atoms with van der Waals surface area (Å²) >= 11 is 0. The third-order valence-electron chi connectivity index (χ3n) is 2.31. The third-order valence-corrected chi connectivity index (χ3v) is 3.78. The maximum Gasteiger partial charge on any atom is 0.213 e. The van der Waals surface area contributed by atoms with Gasteiger partial charge in [0.2, 0.25) is 10.0 Å². The van der Waals surface area contributed by atoms with Crippen LogP contribution >= 0.6 is 0 Å². The lowest BCUT2D eigenvalue weighted by molar-refractivity contribution is 0.415. The van der Waals surface area contributed by atoms with E-state index in [2.05, 4.69) is 10.0 Å². The summed E-state index contributed by atoms with van der Waals surface area (Å²) in [6.07, 6.45) is 0. The molecule has 18 heavy (non-hydrogen) atoms. The molecule has 102 valence electrons. The maximum absolute atomic E-state index is 11.4. The molecule has 0 amide bonds. The molecule has 0 fully saturated rings. The van der Waals surface area contributed by atoms with Crippen LogP contribution in [0.1, 0.15) is 6.92 Å². The number of benzene rings is 1. The fourth-order valence-corrected chi connectivity index (χ4v) is 2.38. The summed E-state index contributed by atoms with van der Waals surface area (Å²) in [5, 5.41) is 2.98. The van der Waals surface area contributed by atoms with E-state index in [1.54, 1.807) is 32.2 Å². The van der Waals surface area contributed by atoms with Crippen LogP contribution in [0.25, 0.3) is 0 Å². The zero-order valence-electron chi connectivity index (χ0n) is 10.6. The molecule has 7 heteroatoms. The Morgan fingerprint density at radius 1 is 1.39 bits per heavy atom. The van der Waals surface area contributed by atoms with Gasteiger partial charge in [-0.05, 0) is 12.1 Å². The smallest absolute Gasteiger partial charge is 0.213 e. The van der Waals surface area contributed by atoms with Crippen molar-refractivity contribution in [2.24, 2.45) is 0 Å². The van der Waals surface area contributed by atoms with Crippen molar-refractivity contribution in [1.82, 2.24) is 4.72 Å². The number of methoxy groups -OCH3 is 1. The lowest BCUT2D eigenvalue weighted by atomic mass is 10.2. The van der Waals surface area contributed by atoms with E-state index in [0.29, 0.717) is 23.7 Å². The number of ether oxygens (including phenoxy) is 1. The van der Waals surface area contributed by atoms with Crippen LogP contribution in [-0.2, 0) is 10.0 Å². The second kappa shape index (κ2) is 6.46. The van der Waals surface area contributed by atoms with Crippen LogP contribution in [0.3, 0.4) is 0 Å². The van der Waals surface area contributed by atoms with Gasteiger partial charge in [0, 0.05) is 19.2 Å². The lowest BCUT2D eigenvalue weighted by Crippen LogP contribution is -2.29. The quantitative estimate of drug-likeness (QED) is 0.634. The van der Waals surface area contributed by atoms with Gasteiger partial charge >= 0.3 is 0 Å². The summed E-state index contributed by atoms with van der Waals surface area (Å²) in [5.74, 6) is 0.665. The summed E-state index contributed by atoms with van der Waals surface area (Å²) in [4.78, 5) is 0. The van der Waals surface area contributed by atoms with Crippen molar-refractivity contribution in [3.8, 4) is 5.75 Å². The summed E-state index contributed by atoms with van der Waals surface area (Å²) < 4.78 is 30.3. The number of hydrogen-bond acceptors (Lipinski definition) is 5. The van der Waals surface area contributed by atoms with Crippen molar-refractivity contribution >= 4 is 21.4 Å². The minimum absolute atomic E-state index is 0.00249. The van der Waals surface area contributed by atoms with E-state index < -0.39 is 10.0 Å². The Morgan fingerprint density at radius 2 is 2.11 bits per heavy atom. The van der Waals surface area contributed by atoms with Gasteiger partial charge in [0.1, 0.15) is 5.75 Å². The van der Waals surface area contributed by atoms with Crippen molar-refractivity contribution in [1.29, 1.82) is 0 Å². The highest BCUT2D eigenvalue weighted by molar-refractivity contribution is 7.89. The van der Waals surface area contributed by atoms with Gasteiger partial charge in [0.05, 0.1) is 24.2 Å². The zero-order chi connectivity index (χ0) is 13.6. The molecule has 0 spiro atoms. The van der Waals surface area contributed by atoms with Crippen LogP contribution in [0.5, 0.6) is 5.75 Å². The highest BCUT2D eigenvalue weighted by atomic mass is 32.2. The summed E-state index contributed by atoms with van der Waals surface area (Å²) in [6.45, 7) is 2.42. The zero-order valence-corrected chi connectivity index (χ0v) is 11.4. The minimum atomic E-state index is -3.21. The molecule has 1 aromatic carbocycles. The normalized spacial score (nSPS) is 11.2. The van der Waals surface area contributed by atoms with Crippen molar-refractivity contribution in [2.75, 3.05) is 37.0 Å². The molecule has 0 aliphatic rings. The predicted molar refractivity (Wildman–Crippen MR) is 73.4 cm³/mol. The number of anilines is 2. The highest BCUT2D eigenvalue weighted by Gasteiger charge is 2.08. The molecule has 0 saturated heterocycles. The fraction of sp³-hybridized carbons (Fsp3) is 0.455. The topological polar surface area (TPSA) is 93.5 Å². The third kappa shape index (κ3) is 4.42. The summed E-state index contributed by atoms with van der Waals surface area (Å²) in [5.41, 5.74) is 6.99. The van der Waals surface area contributed by atoms with Crippen molar-refractivity contribution in [2.45, 2.75) is 6.92 Å². The van der Waals surface area contributed by atoms with E-state index in [1.165, 1.54) is 0 Å². The van der Waals surface area contributed by atoms with Gasteiger partial charge in [-0.15, -0.1) is 0 Å². The number of nitrogens with two attached hydrogens (primary N) is 1. The Hall–Kier alpha value is -1.47. The number of hydrogen-bond donors (Lipinski definition) is 3. The second-order valence-corrected chi connectivity index (χ2v) is 5.62. The van der Waals surface area contributed by atoms with E-state index in [1.807, 2.05) is 0 Å². The molecular weight excluding hydrogens is 254 g/mol. The van der Waals surface area contributed by atoms with Crippen molar-refractivity contribution < 1.29 is 13.2 Å². The molecule has 1 aromatic rings. The lowest BCUT2D eigenvalue weighted by Gasteiger charge is -2.11. The molecule has 0 saturated carbocycles. The largest absolute Gasteiger partial charge is 0.497 e. The monoisotopic (exact) mass is 273 g/mol. The molecule has 1 rings (SSSR count). The minimum Gasteiger partial charge on any atom is -0.497 e. The number of sulfonamides is 1. The Balaban J connectivity index is 2.58. The van der Waals surface area contributed by atoms with Crippen LogP contribution in [0.15, 0.2) is 18.2 Å². The molecule has 0 bridgehead atoms. The summed E-state index contributed by atoms with van der Waals surface area (Å²) in [6, 6.07) is 5.19. The van der Waals surface area contributed by atoms with Crippen molar-refractivity contribution in [3.63, 3.8) is 0 Å². The first-order valence-electron chi connectivity index (χ1n) is 5.63. The average Bonchev–Trinajstić information content (AvgIpc) is 2.31. The highest BCUT2D eigenvalue weighted by Crippen LogP contribution is 2.23. The predicted octanol–water partition coefficient (Wildman–Crippen LogP) is 0.629. The standard InChI is InChI=1S/C11H19N3O3S/c1-3-14-18(15,16)7-6-13-11-8-9(17-2)4-5-10(11)12/h4-5,8,13-14H,3,6-7,12H2,1-2H3. The van der Waals surface area contributed by atoms with Crippen LogP contribution in [0, 0.1) is 0 Å². The van der Waals surface area contributed by atoms with Crippen molar-refractivity contribution in [3.05, 3.63) is 18.2 Å². The second-order valence-electron chi connectivity index (χ2n) is 3.70. The van der Waals surface area contributed by atoms with E-state index in [9.17, 15) is 8.42 Å². The molecule has 0 atom stereocenters. The van der Waals surface area contributed by atoms with Gasteiger partial charge in [-0.25, -0.2) is 13.1 Å². The van der Waals surface area contributed by atoms with Gasteiger partial charge in [0.25, 0.3) is 0 Å². The van der Waals surface area contributed by atoms with Crippen LogP contribution in [-0.4, -0.2) is 34.4 Å². The summed E-state index contributed by atoms with van der Waals surface area (Å²) in [7, 11) is -1.65. The van der Waals surface area contributed by atoms with Crippen LogP contribution < -0.4 is 20.5 Å². The van der Waals surface area contributed by atoms with Gasteiger partial charge in [-0.3, -0.25) is 0 Å². The Bertz CT molecular complexity index is 488. The first-order valence-corrected chi connectivity index (χ1v) is 7.28. The van der Waals surface area contributed by atoms with Crippen LogP contribution in [0.4, 0.5) is 11.4 Å². The van der Waals surface area contributed by atoms with E-state index in [0.717, 1.165) is 0 Å². The first kappa shape index (κ1) is 14.6.